The molecule has 0 saturated carbocycles. The maximum absolute atomic E-state index is 12.7. The number of rotatable bonds is 5. The van der Waals surface area contributed by atoms with Gasteiger partial charge in [-0.25, -0.2) is 13.2 Å². The topological polar surface area (TPSA) is 109 Å². The van der Waals surface area contributed by atoms with Gasteiger partial charge in [0.25, 0.3) is 0 Å². The number of imidazole rings is 1. The second-order valence-corrected chi connectivity index (χ2v) is 8.76. The van der Waals surface area contributed by atoms with Gasteiger partial charge in [-0.05, 0) is 35.9 Å². The number of carbonyl (C=O) groups is 1. The number of aromatic nitrogens is 2. The van der Waals surface area contributed by atoms with E-state index in [-0.39, 0.29) is 23.9 Å². The Bertz CT molecular complexity index is 1290. The van der Waals surface area contributed by atoms with E-state index in [0.717, 1.165) is 5.56 Å². The summed E-state index contributed by atoms with van der Waals surface area (Å²) >= 11 is 0. The smallest absolute Gasteiger partial charge is 0.328 e. The van der Waals surface area contributed by atoms with E-state index in [1.54, 1.807) is 38.4 Å². The molecule has 0 aliphatic carbocycles. The molecule has 9 nitrogen and oxygen atoms in total. The normalized spacial score (nSPS) is 13.0. The number of aryl methyl sites for hydroxylation is 2. The van der Waals surface area contributed by atoms with Crippen LogP contribution in [0.2, 0.25) is 0 Å². The standard InChI is InChI=1S/C19H19N3O6S/c1-21-14-5-4-13(8-15(14)22(2)19(21)24)29(25,26)10-18(23)20-9-12-3-6-16-17(7-12)28-11-27-16/h3-8H,9-11H2,1-2H3,(H,20,23). The molecule has 0 radical (unpaired) electrons. The molecular formula is C19H19N3O6S. The lowest BCUT2D eigenvalue weighted by atomic mass is 10.2. The molecule has 1 amide bonds. The predicted molar refractivity (Wildman–Crippen MR) is 105 cm³/mol. The zero-order chi connectivity index (χ0) is 20.8. The molecule has 10 heteroatoms. The van der Waals surface area contributed by atoms with Crippen molar-refractivity contribution in [2.24, 2.45) is 14.1 Å². The van der Waals surface area contributed by atoms with Crippen LogP contribution >= 0.6 is 0 Å². The molecule has 0 spiro atoms. The van der Waals surface area contributed by atoms with Crippen molar-refractivity contribution in [2.45, 2.75) is 11.4 Å². The summed E-state index contributed by atoms with van der Waals surface area (Å²) in [6.07, 6.45) is 0. The first-order valence-electron chi connectivity index (χ1n) is 8.80. The van der Waals surface area contributed by atoms with Crippen LogP contribution in [0.15, 0.2) is 46.1 Å². The highest BCUT2D eigenvalue weighted by Crippen LogP contribution is 2.32. The van der Waals surface area contributed by atoms with Crippen LogP contribution in [0.1, 0.15) is 5.56 Å². The molecule has 4 rings (SSSR count). The number of amides is 1. The van der Waals surface area contributed by atoms with Gasteiger partial charge in [0, 0.05) is 20.6 Å². The van der Waals surface area contributed by atoms with E-state index in [9.17, 15) is 18.0 Å². The lowest BCUT2D eigenvalue weighted by Crippen LogP contribution is -2.29. The molecule has 2 heterocycles. The van der Waals surface area contributed by atoms with Crippen LogP contribution in [-0.4, -0.2) is 36.0 Å². The maximum Gasteiger partial charge on any atom is 0.328 e. The monoisotopic (exact) mass is 417 g/mol. The van der Waals surface area contributed by atoms with Crippen LogP contribution in [-0.2, 0) is 35.3 Å². The second-order valence-electron chi connectivity index (χ2n) is 6.77. The number of nitrogens with zero attached hydrogens (tertiary/aromatic N) is 2. The molecule has 1 aromatic heterocycles. The number of benzene rings is 2. The number of ether oxygens (including phenoxy) is 2. The molecule has 0 bridgehead atoms. The van der Waals surface area contributed by atoms with Gasteiger partial charge in [0.15, 0.2) is 21.3 Å². The number of hydrogen-bond acceptors (Lipinski definition) is 6. The van der Waals surface area contributed by atoms with E-state index in [1.165, 1.54) is 21.3 Å². The number of sulfone groups is 1. The zero-order valence-corrected chi connectivity index (χ0v) is 16.7. The Kier molecular flexibility index (Phi) is 4.58. The van der Waals surface area contributed by atoms with E-state index < -0.39 is 21.5 Å². The highest BCUT2D eigenvalue weighted by molar-refractivity contribution is 7.92. The van der Waals surface area contributed by atoms with E-state index in [4.69, 9.17) is 9.47 Å². The SMILES string of the molecule is Cn1c(=O)n(C)c2cc(S(=O)(=O)CC(=O)NCc3ccc4c(c3)OCO4)ccc21. The Balaban J connectivity index is 1.48. The van der Waals surface area contributed by atoms with E-state index in [2.05, 4.69) is 5.32 Å². The quantitative estimate of drug-likeness (QED) is 0.655. The van der Waals surface area contributed by atoms with Crippen molar-refractivity contribution in [3.8, 4) is 11.5 Å². The van der Waals surface area contributed by atoms with Crippen LogP contribution in [0, 0.1) is 0 Å². The summed E-state index contributed by atoms with van der Waals surface area (Å²) in [5, 5.41) is 2.60. The van der Waals surface area contributed by atoms with Crippen molar-refractivity contribution in [3.05, 3.63) is 52.4 Å². The molecule has 0 atom stereocenters. The highest BCUT2D eigenvalue weighted by Gasteiger charge is 2.21. The van der Waals surface area contributed by atoms with Crippen LogP contribution in [0.3, 0.4) is 0 Å². The molecule has 3 aromatic rings. The van der Waals surface area contributed by atoms with Gasteiger partial charge in [0.05, 0.1) is 15.9 Å². The van der Waals surface area contributed by atoms with Crippen molar-refractivity contribution in [2.75, 3.05) is 12.5 Å². The third-order valence-electron chi connectivity index (χ3n) is 4.85. The van der Waals surface area contributed by atoms with Crippen LogP contribution < -0.4 is 20.5 Å². The van der Waals surface area contributed by atoms with Gasteiger partial charge in [-0.15, -0.1) is 0 Å². The van der Waals surface area contributed by atoms with Crippen LogP contribution in [0.5, 0.6) is 11.5 Å². The molecule has 152 valence electrons. The molecule has 1 aliphatic rings. The fraction of sp³-hybridized carbons (Fsp3) is 0.263. The Labute approximate surface area is 166 Å². The average molecular weight is 417 g/mol. The van der Waals surface area contributed by atoms with Gasteiger partial charge in [0.2, 0.25) is 12.7 Å². The molecule has 0 fully saturated rings. The Morgan fingerprint density at radius 2 is 1.76 bits per heavy atom. The zero-order valence-electron chi connectivity index (χ0n) is 15.8. The Hall–Kier alpha value is -3.27. The lowest BCUT2D eigenvalue weighted by molar-refractivity contribution is -0.118. The van der Waals surface area contributed by atoms with E-state index >= 15 is 0 Å². The summed E-state index contributed by atoms with van der Waals surface area (Å²) in [7, 11) is -0.685. The number of fused-ring (bicyclic) bond motifs is 2. The number of hydrogen-bond donors (Lipinski definition) is 1. The fourth-order valence-corrected chi connectivity index (χ4v) is 4.42. The molecular weight excluding hydrogens is 398 g/mol. The fourth-order valence-electron chi connectivity index (χ4n) is 3.24. The molecule has 0 saturated heterocycles. The predicted octanol–water partition coefficient (Wildman–Crippen LogP) is 0.696. The third kappa shape index (κ3) is 3.46. The summed E-state index contributed by atoms with van der Waals surface area (Å²) in [6, 6.07) is 9.63. The Morgan fingerprint density at radius 1 is 1.03 bits per heavy atom. The second kappa shape index (κ2) is 6.96. The molecule has 1 aliphatic heterocycles. The van der Waals surface area contributed by atoms with Gasteiger partial charge in [-0.1, -0.05) is 6.07 Å². The first kappa shape index (κ1) is 19.1. The minimum Gasteiger partial charge on any atom is -0.454 e. The van der Waals surface area contributed by atoms with Gasteiger partial charge >= 0.3 is 5.69 Å². The lowest BCUT2D eigenvalue weighted by Gasteiger charge is -2.08. The maximum atomic E-state index is 12.7. The van der Waals surface area contributed by atoms with Crippen molar-refractivity contribution in [1.82, 2.24) is 14.5 Å². The van der Waals surface area contributed by atoms with E-state index in [1.807, 2.05) is 0 Å². The van der Waals surface area contributed by atoms with Crippen molar-refractivity contribution < 1.29 is 22.7 Å². The average Bonchev–Trinajstić information content (AvgIpc) is 3.25. The molecule has 2 aromatic carbocycles. The summed E-state index contributed by atoms with van der Waals surface area (Å²) in [4.78, 5) is 24.2. The van der Waals surface area contributed by atoms with Crippen LogP contribution in [0.4, 0.5) is 0 Å². The van der Waals surface area contributed by atoms with Gasteiger partial charge < -0.3 is 14.8 Å². The minimum absolute atomic E-state index is 0.00979. The summed E-state index contributed by atoms with van der Waals surface area (Å²) < 4.78 is 38.6. The minimum atomic E-state index is -3.87. The van der Waals surface area contributed by atoms with Crippen molar-refractivity contribution in [1.29, 1.82) is 0 Å². The first-order chi connectivity index (χ1) is 13.8. The van der Waals surface area contributed by atoms with E-state index in [0.29, 0.717) is 22.5 Å². The van der Waals surface area contributed by atoms with Crippen molar-refractivity contribution >= 4 is 26.8 Å². The summed E-state index contributed by atoms with van der Waals surface area (Å²) in [6.45, 7) is 0.317. The van der Waals surface area contributed by atoms with Gasteiger partial charge in [-0.3, -0.25) is 13.9 Å². The molecule has 0 unspecified atom stereocenters. The first-order valence-corrected chi connectivity index (χ1v) is 10.4. The summed E-state index contributed by atoms with van der Waals surface area (Å²) in [5.74, 6) is -0.0895. The molecule has 29 heavy (non-hydrogen) atoms. The number of carbonyl (C=O) groups excluding carboxylic acids is 1. The molecule has 1 N–H and O–H groups in total. The largest absolute Gasteiger partial charge is 0.454 e. The van der Waals surface area contributed by atoms with Crippen molar-refractivity contribution in [3.63, 3.8) is 0 Å². The Morgan fingerprint density at radius 3 is 2.55 bits per heavy atom. The summed E-state index contributed by atoms with van der Waals surface area (Å²) in [5.41, 5.74) is 1.61. The van der Waals surface area contributed by atoms with Gasteiger partial charge in [0.1, 0.15) is 5.75 Å². The van der Waals surface area contributed by atoms with Crippen LogP contribution in [0.25, 0.3) is 11.0 Å². The highest BCUT2D eigenvalue weighted by atomic mass is 32.2. The third-order valence-corrected chi connectivity index (χ3v) is 6.46. The number of nitrogens with one attached hydrogen (secondary N) is 1. The van der Waals surface area contributed by atoms with Gasteiger partial charge in [-0.2, -0.15) is 0 Å².